The van der Waals surface area contributed by atoms with Gasteiger partial charge in [0.05, 0.1) is 11.8 Å². The van der Waals surface area contributed by atoms with E-state index in [0.717, 1.165) is 66.6 Å². The SMILES string of the molecule is CC1(C)Cc2nc(C3CCCC3)c(C(F)c3ccc(F)cc3)c(-c3ccsc3)c2[C@@H](O[Si](C)(C)C(C)(C)C)C1. The number of benzene rings is 1. The number of pyridine rings is 1. The highest BCUT2D eigenvalue weighted by atomic mass is 32.1. The predicted octanol–water partition coefficient (Wildman–Crippen LogP) is 10.7. The number of alkyl halides is 1. The Bertz CT molecular complexity index is 1300. The number of thiophene rings is 1. The number of hydrogen-bond acceptors (Lipinski definition) is 3. The van der Waals surface area contributed by atoms with Gasteiger partial charge in [0.25, 0.3) is 0 Å². The van der Waals surface area contributed by atoms with Crippen molar-refractivity contribution in [3.8, 4) is 11.1 Å². The third kappa shape index (κ3) is 5.66. The van der Waals surface area contributed by atoms with Gasteiger partial charge < -0.3 is 4.43 Å². The van der Waals surface area contributed by atoms with Crippen LogP contribution in [-0.4, -0.2) is 13.3 Å². The van der Waals surface area contributed by atoms with Gasteiger partial charge in [0.1, 0.15) is 5.82 Å². The van der Waals surface area contributed by atoms with Gasteiger partial charge in [-0.05, 0) is 94.9 Å². The summed E-state index contributed by atoms with van der Waals surface area (Å²) >= 11 is 1.64. The van der Waals surface area contributed by atoms with Crippen LogP contribution < -0.4 is 0 Å². The Kier molecular flexibility index (Phi) is 7.71. The summed E-state index contributed by atoms with van der Waals surface area (Å²) in [6.45, 7) is 16.0. The Balaban J connectivity index is 1.80. The van der Waals surface area contributed by atoms with Crippen molar-refractivity contribution >= 4 is 19.7 Å². The van der Waals surface area contributed by atoms with Crippen LogP contribution in [0.1, 0.15) is 113 Å². The number of aromatic nitrogens is 1. The number of hydrogen-bond donors (Lipinski definition) is 0. The summed E-state index contributed by atoms with van der Waals surface area (Å²) in [5.41, 5.74) is 6.26. The number of nitrogens with zero attached hydrogens (tertiary/aromatic N) is 1. The fourth-order valence-corrected chi connectivity index (χ4v) is 8.12. The number of fused-ring (bicyclic) bond motifs is 1. The van der Waals surface area contributed by atoms with E-state index in [2.05, 4.69) is 64.5 Å². The van der Waals surface area contributed by atoms with Crippen LogP contribution in [0.2, 0.25) is 18.1 Å². The Morgan fingerprint density at radius 3 is 2.33 bits per heavy atom. The van der Waals surface area contributed by atoms with Gasteiger partial charge in [-0.15, -0.1) is 0 Å². The lowest BCUT2D eigenvalue weighted by molar-refractivity contribution is 0.106. The quantitative estimate of drug-likeness (QED) is 0.276. The highest BCUT2D eigenvalue weighted by molar-refractivity contribution is 7.08. The van der Waals surface area contributed by atoms with Gasteiger partial charge in [-0.3, -0.25) is 4.98 Å². The van der Waals surface area contributed by atoms with Crippen LogP contribution in [0.25, 0.3) is 11.1 Å². The standard InChI is InChI=1S/C33H43F2NOSSi/c1-32(2,3)39(6,7)37-26-19-33(4,5)18-25-28(26)27(23-16-17-38-20-23)29(31(36-25)22-10-8-9-11-22)30(35)21-12-14-24(34)15-13-21/h12-17,20,22,26,30H,8-11,18-19H2,1-7H3/t26-,30?/m0/s1. The Hall–Kier alpha value is -1.89. The molecule has 6 heteroatoms. The lowest BCUT2D eigenvalue weighted by Gasteiger charge is -2.45. The first kappa shape index (κ1) is 28.6. The monoisotopic (exact) mass is 567 g/mol. The molecule has 0 N–H and O–H groups in total. The molecule has 0 amide bonds. The van der Waals surface area contributed by atoms with Crippen molar-refractivity contribution in [3.63, 3.8) is 0 Å². The molecule has 5 rings (SSSR count). The zero-order valence-corrected chi connectivity index (χ0v) is 26.4. The molecule has 0 bridgehead atoms. The van der Waals surface area contributed by atoms with Crippen molar-refractivity contribution in [2.45, 2.75) is 109 Å². The zero-order chi connectivity index (χ0) is 28.2. The maximum atomic E-state index is 17.0. The van der Waals surface area contributed by atoms with Crippen molar-refractivity contribution < 1.29 is 13.2 Å². The van der Waals surface area contributed by atoms with Crippen LogP contribution in [0, 0.1) is 11.2 Å². The van der Waals surface area contributed by atoms with Gasteiger partial charge in [0.2, 0.25) is 0 Å². The molecule has 2 aromatic heterocycles. The summed E-state index contributed by atoms with van der Waals surface area (Å²) in [4.78, 5) is 5.39. The maximum Gasteiger partial charge on any atom is 0.192 e. The Morgan fingerprint density at radius 1 is 1.08 bits per heavy atom. The molecule has 0 radical (unpaired) electrons. The summed E-state index contributed by atoms with van der Waals surface area (Å²) in [7, 11) is -2.15. The summed E-state index contributed by atoms with van der Waals surface area (Å²) in [6.07, 6.45) is 4.54. The van der Waals surface area contributed by atoms with Gasteiger partial charge in [-0.1, -0.05) is 59.6 Å². The molecular weight excluding hydrogens is 525 g/mol. The normalized spacial score (nSPS) is 20.7. The van der Waals surface area contributed by atoms with Crippen LogP contribution in [0.3, 0.4) is 0 Å². The zero-order valence-electron chi connectivity index (χ0n) is 24.5. The molecule has 210 valence electrons. The van der Waals surface area contributed by atoms with Crippen LogP contribution >= 0.6 is 11.3 Å². The second-order valence-corrected chi connectivity index (χ2v) is 19.5. The third-order valence-corrected chi connectivity index (χ3v) is 14.5. The highest BCUT2D eigenvalue weighted by Crippen LogP contribution is 2.53. The second-order valence-electron chi connectivity index (χ2n) is 14.0. The van der Waals surface area contributed by atoms with Crippen molar-refractivity contribution in [2.75, 3.05) is 0 Å². The second kappa shape index (κ2) is 10.5. The first-order valence-corrected chi connectivity index (χ1v) is 18.3. The van der Waals surface area contributed by atoms with E-state index < -0.39 is 14.5 Å². The van der Waals surface area contributed by atoms with Gasteiger partial charge >= 0.3 is 0 Å². The molecular formula is C33H43F2NOSSi. The van der Waals surface area contributed by atoms with Crippen LogP contribution in [0.5, 0.6) is 0 Å². The van der Waals surface area contributed by atoms with Gasteiger partial charge in [-0.2, -0.15) is 11.3 Å². The molecule has 2 aliphatic rings. The Labute approximate surface area is 238 Å². The topological polar surface area (TPSA) is 22.1 Å². The van der Waals surface area contributed by atoms with Gasteiger partial charge in [0.15, 0.2) is 14.5 Å². The molecule has 1 unspecified atom stereocenters. The molecule has 2 aliphatic carbocycles. The highest BCUT2D eigenvalue weighted by Gasteiger charge is 2.45. The summed E-state index contributed by atoms with van der Waals surface area (Å²) in [5.74, 6) is -0.111. The van der Waals surface area contributed by atoms with Crippen molar-refractivity contribution in [1.29, 1.82) is 0 Å². The van der Waals surface area contributed by atoms with Crippen LogP contribution in [0.15, 0.2) is 41.1 Å². The minimum atomic E-state index is -2.15. The summed E-state index contributed by atoms with van der Waals surface area (Å²) < 4.78 is 38.0. The summed E-state index contributed by atoms with van der Waals surface area (Å²) in [5, 5.41) is 4.26. The predicted molar refractivity (Wildman–Crippen MR) is 161 cm³/mol. The molecule has 39 heavy (non-hydrogen) atoms. The fraction of sp³-hybridized carbons (Fsp3) is 0.545. The molecule has 1 saturated carbocycles. The minimum Gasteiger partial charge on any atom is -0.410 e. The van der Waals surface area contributed by atoms with Crippen LogP contribution in [0.4, 0.5) is 8.78 Å². The smallest absolute Gasteiger partial charge is 0.192 e. The van der Waals surface area contributed by atoms with E-state index in [1.807, 2.05) is 0 Å². The van der Waals surface area contributed by atoms with E-state index in [4.69, 9.17) is 9.41 Å². The number of halogens is 2. The molecule has 2 nitrogen and oxygen atoms in total. The maximum absolute atomic E-state index is 17.0. The van der Waals surface area contributed by atoms with E-state index in [0.29, 0.717) is 11.1 Å². The molecule has 3 aromatic rings. The van der Waals surface area contributed by atoms with E-state index in [1.54, 1.807) is 23.5 Å². The summed E-state index contributed by atoms with van der Waals surface area (Å²) in [6, 6.07) is 8.00. The fourth-order valence-electron chi connectivity index (χ4n) is 6.21. The van der Waals surface area contributed by atoms with Gasteiger partial charge in [0, 0.05) is 22.7 Å². The van der Waals surface area contributed by atoms with Crippen molar-refractivity contribution in [1.82, 2.24) is 4.98 Å². The lowest BCUT2D eigenvalue weighted by atomic mass is 9.71. The lowest BCUT2D eigenvalue weighted by Crippen LogP contribution is -2.44. The van der Waals surface area contributed by atoms with E-state index in [-0.39, 0.29) is 28.3 Å². The minimum absolute atomic E-state index is 0.0273. The largest absolute Gasteiger partial charge is 0.410 e. The molecule has 1 fully saturated rings. The van der Waals surface area contributed by atoms with Crippen LogP contribution in [-0.2, 0) is 10.8 Å². The van der Waals surface area contributed by atoms with Crippen molar-refractivity contribution in [3.05, 3.63) is 75.0 Å². The van der Waals surface area contributed by atoms with Gasteiger partial charge in [-0.25, -0.2) is 8.78 Å². The Morgan fingerprint density at radius 2 is 1.74 bits per heavy atom. The molecule has 2 atom stereocenters. The average molecular weight is 568 g/mol. The number of rotatable bonds is 6. The van der Waals surface area contributed by atoms with E-state index >= 15 is 4.39 Å². The average Bonchev–Trinajstić information content (AvgIpc) is 3.56. The first-order chi connectivity index (χ1) is 18.3. The molecule has 0 spiro atoms. The first-order valence-electron chi connectivity index (χ1n) is 14.4. The van der Waals surface area contributed by atoms with E-state index in [1.165, 1.54) is 12.1 Å². The molecule has 2 heterocycles. The van der Waals surface area contributed by atoms with E-state index in [9.17, 15) is 4.39 Å². The molecule has 1 aromatic carbocycles. The van der Waals surface area contributed by atoms with Crippen molar-refractivity contribution in [2.24, 2.45) is 5.41 Å². The third-order valence-electron chi connectivity index (χ3n) is 9.30. The molecule has 0 aliphatic heterocycles. The molecule has 0 saturated heterocycles.